The molecule has 2 N–H and O–H groups in total. The van der Waals surface area contributed by atoms with Crippen LogP contribution < -0.4 is 5.73 Å². The van der Waals surface area contributed by atoms with Gasteiger partial charge >= 0.3 is 11.9 Å². The molecule has 0 saturated carbocycles. The fourth-order valence-electron chi connectivity index (χ4n) is 4.23. The minimum atomic E-state index is -0.446. The summed E-state index contributed by atoms with van der Waals surface area (Å²) < 4.78 is 10.1. The molecule has 5 aromatic heterocycles. The lowest BCUT2D eigenvalue weighted by molar-refractivity contribution is -0.114. The lowest BCUT2D eigenvalue weighted by Crippen LogP contribution is -2.01. The molecule has 5 aromatic rings. The first-order valence-corrected chi connectivity index (χ1v) is 18.9. The molecular weight excluding hydrogens is 864 g/mol. The summed E-state index contributed by atoms with van der Waals surface area (Å²) in [4.78, 5) is 47.9. The number of halogens is 5. The molecule has 0 unspecified atom stereocenters. The summed E-state index contributed by atoms with van der Waals surface area (Å²) in [6, 6.07) is 1.95. The van der Waals surface area contributed by atoms with Crippen LogP contribution >= 0.6 is 97.6 Å². The number of hydrogen-bond donors (Lipinski definition) is 2. The molecule has 0 radical (unpaired) electrons. The number of thiol groups is 1. The minimum absolute atomic E-state index is 0.119. The fourth-order valence-corrected chi connectivity index (χ4v) is 8.18. The maximum atomic E-state index is 11.6. The molecule has 272 valence electrons. The Kier molecular flexibility index (Phi) is 16.9. The van der Waals surface area contributed by atoms with Gasteiger partial charge in [-0.3, -0.25) is 4.79 Å². The number of thiophene rings is 2. The standard InChI is InChI=1S/C11H9BrClNO2S.C11H11ClN2O2S.C8H6Cl2N2.C3H6OS/c1-4-6-7(12)9(11(15)16-3)17-10(6)14-5(2)8(4)13;1-4-6-8(13)9(11(15)16-3)17-10(6)14-5(2)7(4)12;1-4-6(3-11)8(10)12-5(2)7(4)9;1-3(4)2-5/h1-3H3;13H2,1-3H3;1-2H3;5H,2H2,1H3. The van der Waals surface area contributed by atoms with Gasteiger partial charge in [-0.05, 0) is 81.1 Å². The number of methoxy groups -OCH3 is 2. The average molecular weight is 897 g/mol. The number of aryl methyl sites for hydroxylation is 5. The van der Waals surface area contributed by atoms with Gasteiger partial charge in [-0.25, -0.2) is 24.5 Å². The molecule has 0 bridgehead atoms. The molecular formula is C33H32BrCl4N5O5S3. The highest BCUT2D eigenvalue weighted by molar-refractivity contribution is 9.10. The van der Waals surface area contributed by atoms with E-state index in [-0.39, 0.29) is 16.9 Å². The van der Waals surface area contributed by atoms with Gasteiger partial charge in [0.15, 0.2) is 0 Å². The van der Waals surface area contributed by atoms with Gasteiger partial charge in [0.05, 0.1) is 62.1 Å². The lowest BCUT2D eigenvalue weighted by Gasteiger charge is -2.04. The van der Waals surface area contributed by atoms with Crippen LogP contribution in [0.2, 0.25) is 20.2 Å². The van der Waals surface area contributed by atoms with Crippen molar-refractivity contribution in [1.82, 2.24) is 15.0 Å². The van der Waals surface area contributed by atoms with Gasteiger partial charge < -0.3 is 15.2 Å². The summed E-state index contributed by atoms with van der Waals surface area (Å²) in [5.41, 5.74) is 11.3. The van der Waals surface area contributed by atoms with Gasteiger partial charge in [-0.2, -0.15) is 17.9 Å². The number of anilines is 1. The number of ether oxygens (including phenoxy) is 2. The molecule has 0 saturated heterocycles. The third-order valence-corrected chi connectivity index (χ3v) is 12.5. The zero-order valence-electron chi connectivity index (χ0n) is 28.8. The third kappa shape index (κ3) is 10.2. The second-order valence-corrected chi connectivity index (χ2v) is 15.1. The van der Waals surface area contributed by atoms with E-state index in [2.05, 4.69) is 48.2 Å². The number of ketones is 1. The number of carbonyl (C=O) groups is 3. The Morgan fingerprint density at radius 3 is 1.63 bits per heavy atom. The Hall–Kier alpha value is -2.74. The van der Waals surface area contributed by atoms with Crippen LogP contribution in [0.25, 0.3) is 20.4 Å². The summed E-state index contributed by atoms with van der Waals surface area (Å²) in [5, 5.41) is 12.2. The highest BCUT2D eigenvalue weighted by Gasteiger charge is 2.22. The maximum Gasteiger partial charge on any atom is 0.350 e. The zero-order chi connectivity index (χ0) is 39.1. The Morgan fingerprint density at radius 2 is 1.18 bits per heavy atom. The Labute approximate surface area is 337 Å². The van der Waals surface area contributed by atoms with Crippen LogP contribution in [0.15, 0.2) is 4.47 Å². The number of nitrogen functional groups attached to an aromatic ring is 1. The predicted molar refractivity (Wildman–Crippen MR) is 216 cm³/mol. The molecule has 0 aliphatic rings. The van der Waals surface area contributed by atoms with E-state index in [4.69, 9.17) is 62.1 Å². The fraction of sp³-hybridized carbons (Fsp3) is 0.303. The Morgan fingerprint density at radius 1 is 0.784 bits per heavy atom. The van der Waals surface area contributed by atoms with Gasteiger partial charge in [0.2, 0.25) is 0 Å². The molecule has 5 rings (SSSR count). The van der Waals surface area contributed by atoms with Gasteiger partial charge in [0.25, 0.3) is 0 Å². The average Bonchev–Trinajstić information content (AvgIpc) is 3.60. The summed E-state index contributed by atoms with van der Waals surface area (Å²) >= 11 is 33.5. The third-order valence-electron chi connectivity index (χ3n) is 6.91. The largest absolute Gasteiger partial charge is 0.465 e. The van der Waals surface area contributed by atoms with E-state index >= 15 is 0 Å². The number of esters is 2. The number of pyridine rings is 3. The Bertz CT molecular complexity index is 2090. The second-order valence-electron chi connectivity index (χ2n) is 10.5. The SMILES string of the molecule is CC(=O)CS.COC(=O)c1sc2nc(C)c(Cl)c(C)c2c1Br.COC(=O)c1sc2nc(C)c(Cl)c(C)c2c1N.Cc1nc(Cl)c(C#N)c(C)c1Cl. The smallest absolute Gasteiger partial charge is 0.350 e. The minimum Gasteiger partial charge on any atom is -0.465 e. The molecule has 0 aliphatic heterocycles. The molecule has 0 spiro atoms. The van der Waals surface area contributed by atoms with Crippen molar-refractivity contribution in [2.24, 2.45) is 0 Å². The number of hydrogen-bond acceptors (Lipinski definition) is 13. The molecule has 51 heavy (non-hydrogen) atoms. The molecule has 0 atom stereocenters. The monoisotopic (exact) mass is 893 g/mol. The van der Waals surface area contributed by atoms with Gasteiger partial charge in [0.1, 0.15) is 36.4 Å². The van der Waals surface area contributed by atoms with E-state index < -0.39 is 5.97 Å². The van der Waals surface area contributed by atoms with E-state index in [1.165, 1.54) is 43.8 Å². The van der Waals surface area contributed by atoms with E-state index in [9.17, 15) is 14.4 Å². The summed E-state index contributed by atoms with van der Waals surface area (Å²) in [5.74, 6) is -0.333. The highest BCUT2D eigenvalue weighted by Crippen LogP contribution is 2.40. The summed E-state index contributed by atoms with van der Waals surface area (Å²) in [6.07, 6.45) is 0. The van der Waals surface area contributed by atoms with Crippen LogP contribution in [0.3, 0.4) is 0 Å². The predicted octanol–water partition coefficient (Wildman–Crippen LogP) is 10.4. The van der Waals surface area contributed by atoms with Crippen molar-refractivity contribution in [2.45, 2.75) is 48.5 Å². The first-order valence-electron chi connectivity index (χ1n) is 14.4. The van der Waals surface area contributed by atoms with Crippen molar-refractivity contribution in [2.75, 3.05) is 25.7 Å². The molecule has 18 heteroatoms. The van der Waals surface area contributed by atoms with Crippen LogP contribution in [0.4, 0.5) is 5.69 Å². The van der Waals surface area contributed by atoms with Crippen molar-refractivity contribution in [3.05, 3.63) is 73.8 Å². The van der Waals surface area contributed by atoms with E-state index in [0.29, 0.717) is 62.4 Å². The molecule has 5 heterocycles. The van der Waals surface area contributed by atoms with Crippen molar-refractivity contribution in [3.8, 4) is 6.07 Å². The van der Waals surface area contributed by atoms with Crippen LogP contribution in [-0.2, 0) is 14.3 Å². The lowest BCUT2D eigenvalue weighted by atomic mass is 10.1. The first kappa shape index (κ1) is 44.4. The molecule has 0 amide bonds. The van der Waals surface area contributed by atoms with Crippen LogP contribution in [0.1, 0.15) is 65.6 Å². The van der Waals surface area contributed by atoms with Crippen molar-refractivity contribution in [3.63, 3.8) is 0 Å². The quantitative estimate of drug-likeness (QED) is 0.101. The molecule has 10 nitrogen and oxygen atoms in total. The number of fused-ring (bicyclic) bond motifs is 2. The second kappa shape index (κ2) is 19.4. The van der Waals surface area contributed by atoms with E-state index in [0.717, 1.165) is 38.1 Å². The number of nitrogens with zero attached hydrogens (tertiary/aromatic N) is 4. The topological polar surface area (TPSA) is 158 Å². The van der Waals surface area contributed by atoms with Gasteiger partial charge in [-0.15, -0.1) is 22.7 Å². The number of aromatic nitrogens is 3. The maximum absolute atomic E-state index is 11.6. The van der Waals surface area contributed by atoms with Gasteiger partial charge in [0, 0.05) is 16.5 Å². The van der Waals surface area contributed by atoms with Crippen LogP contribution in [0.5, 0.6) is 0 Å². The van der Waals surface area contributed by atoms with Crippen molar-refractivity contribution in [1.29, 1.82) is 5.26 Å². The highest BCUT2D eigenvalue weighted by atomic mass is 79.9. The van der Waals surface area contributed by atoms with Crippen molar-refractivity contribution >= 4 is 141 Å². The van der Waals surface area contributed by atoms with Crippen molar-refractivity contribution < 1.29 is 23.9 Å². The number of nitrogens with two attached hydrogens (primary N) is 1. The summed E-state index contributed by atoms with van der Waals surface area (Å²) in [7, 11) is 2.68. The Balaban J connectivity index is 0.000000252. The van der Waals surface area contributed by atoms with Crippen LogP contribution in [-0.4, -0.2) is 52.6 Å². The van der Waals surface area contributed by atoms with E-state index in [1.807, 2.05) is 33.8 Å². The number of Topliss-reactive ketones (excluding diaryl/α,β-unsaturated/α-hetero) is 1. The van der Waals surface area contributed by atoms with Gasteiger partial charge in [-0.1, -0.05) is 46.4 Å². The van der Waals surface area contributed by atoms with Crippen LogP contribution in [0, 0.1) is 52.9 Å². The molecule has 0 fully saturated rings. The molecule has 0 aromatic carbocycles. The number of nitriles is 1. The zero-order valence-corrected chi connectivity index (χ0v) is 35.9. The first-order chi connectivity index (χ1) is 23.8. The number of carbonyl (C=O) groups excluding carboxylic acids is 3. The number of rotatable bonds is 3. The normalized spacial score (nSPS) is 10.2. The molecule has 0 aliphatic carbocycles. The van der Waals surface area contributed by atoms with E-state index in [1.54, 1.807) is 13.8 Å². The summed E-state index contributed by atoms with van der Waals surface area (Å²) in [6.45, 7) is 12.5.